The quantitative estimate of drug-likeness (QED) is 0.150. The smallest absolute Gasteiger partial charge is 0.256 e. The van der Waals surface area contributed by atoms with Crippen LogP contribution in [0.1, 0.15) is 0 Å². The van der Waals surface area contributed by atoms with Crippen LogP contribution in [0.25, 0.3) is 0 Å². The molecule has 5 rings (SSSR count). The van der Waals surface area contributed by atoms with Gasteiger partial charge in [-0.05, 0) is 165 Å². The Labute approximate surface area is 281 Å². The van der Waals surface area contributed by atoms with Crippen LogP contribution in [0.3, 0.4) is 0 Å². The molecule has 0 aliphatic carbocycles. The summed E-state index contributed by atoms with van der Waals surface area (Å²) in [6.45, 7) is 0. The largest absolute Gasteiger partial charge is 0.497 e. The van der Waals surface area contributed by atoms with Gasteiger partial charge in [0.15, 0.2) is 0 Å². The van der Waals surface area contributed by atoms with Gasteiger partial charge in [0.25, 0.3) is 5.91 Å². The van der Waals surface area contributed by atoms with Crippen molar-refractivity contribution < 1.29 is 9.47 Å². The zero-order valence-corrected chi connectivity index (χ0v) is 30.9. The molecule has 0 radical (unpaired) electrons. The molecule has 0 saturated carbocycles. The van der Waals surface area contributed by atoms with Gasteiger partial charge in [-0.25, -0.2) is 4.52 Å². The van der Waals surface area contributed by atoms with E-state index in [1.54, 1.807) is 59.7 Å². The summed E-state index contributed by atoms with van der Waals surface area (Å²) in [6.07, 6.45) is 0. The molecule has 2 unspecified atom stereocenters. The third kappa shape index (κ3) is 8.92. The van der Waals surface area contributed by atoms with Gasteiger partial charge in [-0.1, -0.05) is 23.2 Å². The van der Waals surface area contributed by atoms with Crippen LogP contribution in [0.2, 0.25) is 10.0 Å². The summed E-state index contributed by atoms with van der Waals surface area (Å²) in [5.74, 6) is -1.64. The van der Waals surface area contributed by atoms with Gasteiger partial charge < -0.3 is 9.47 Å². The standard InChI is InChI=1S/C26H22Cl4N3O2P3S4/c1-34-21-7-15-25(16-8-21)41-37(39-23-11-3-19(27)4-12-23)31-36(29,30)32-38(33-37,40-24-13-5-20(28)6-14-24)42-26-17-9-22(35-2)10-18-26/h3-18H,1-2H3. The minimum absolute atomic E-state index is 0.647. The maximum atomic E-state index is 7.05. The fourth-order valence-electron chi connectivity index (χ4n) is 3.47. The number of nitrogens with zero attached hydrogens (tertiary/aromatic N) is 3. The highest BCUT2D eigenvalue weighted by Gasteiger charge is 2.39. The van der Waals surface area contributed by atoms with Gasteiger partial charge in [0.1, 0.15) is 11.5 Å². The van der Waals surface area contributed by atoms with Crippen LogP contribution in [-0.4, -0.2) is 14.2 Å². The van der Waals surface area contributed by atoms with Gasteiger partial charge in [0.05, 0.1) is 14.2 Å². The van der Waals surface area contributed by atoms with Crippen molar-refractivity contribution in [3.8, 4) is 11.5 Å². The van der Waals surface area contributed by atoms with Crippen LogP contribution >= 0.6 is 108 Å². The molecule has 220 valence electrons. The topological polar surface area (TPSA) is 55.5 Å². The van der Waals surface area contributed by atoms with Crippen molar-refractivity contribution in [2.75, 3.05) is 14.2 Å². The van der Waals surface area contributed by atoms with Crippen molar-refractivity contribution in [2.24, 2.45) is 13.5 Å². The maximum Gasteiger partial charge on any atom is 0.256 e. The van der Waals surface area contributed by atoms with E-state index in [-0.39, 0.29) is 0 Å². The molecule has 0 amide bonds. The van der Waals surface area contributed by atoms with Gasteiger partial charge in [0.2, 0.25) is 11.2 Å². The second-order valence-corrected chi connectivity index (χ2v) is 29.9. The number of benzene rings is 4. The summed E-state index contributed by atoms with van der Waals surface area (Å²) in [7, 11) is 3.28. The molecule has 1 aliphatic rings. The average Bonchev–Trinajstić information content (AvgIpc) is 2.95. The Kier molecular flexibility index (Phi) is 11.4. The number of methoxy groups -OCH3 is 2. The van der Waals surface area contributed by atoms with E-state index in [0.717, 1.165) is 31.1 Å². The van der Waals surface area contributed by atoms with E-state index >= 15 is 0 Å². The summed E-state index contributed by atoms with van der Waals surface area (Å²) < 4.78 is 26.5. The first kappa shape index (κ1) is 33.1. The van der Waals surface area contributed by atoms with Crippen LogP contribution in [0.4, 0.5) is 0 Å². The third-order valence-corrected chi connectivity index (χ3v) is 29.8. The molecule has 0 bridgehead atoms. The summed E-state index contributed by atoms with van der Waals surface area (Å²) >= 11 is 32.8. The molecule has 0 aromatic heterocycles. The molecular weight excluding hydrogens is 749 g/mol. The number of hydrogen-bond acceptors (Lipinski definition) is 9. The molecule has 1 heterocycles. The molecule has 0 spiro atoms. The molecule has 2 atom stereocenters. The van der Waals surface area contributed by atoms with Crippen molar-refractivity contribution in [1.29, 1.82) is 0 Å². The highest BCUT2D eigenvalue weighted by Crippen LogP contribution is 2.96. The Bertz CT molecular complexity index is 1620. The second kappa shape index (κ2) is 14.4. The Morgan fingerprint density at radius 2 is 0.786 bits per heavy atom. The van der Waals surface area contributed by atoms with Crippen LogP contribution < -0.4 is 9.47 Å². The molecule has 4 aromatic carbocycles. The van der Waals surface area contributed by atoms with Crippen molar-refractivity contribution in [1.82, 2.24) is 0 Å². The van der Waals surface area contributed by atoms with Gasteiger partial charge >= 0.3 is 0 Å². The van der Waals surface area contributed by atoms with Crippen LogP contribution in [0, 0.1) is 0 Å². The van der Waals surface area contributed by atoms with E-state index in [9.17, 15) is 0 Å². The van der Waals surface area contributed by atoms with E-state index in [1.165, 1.54) is 0 Å². The van der Waals surface area contributed by atoms with Crippen LogP contribution in [-0.2, 0) is 0 Å². The minimum atomic E-state index is -3.16. The lowest BCUT2D eigenvalue weighted by atomic mass is 10.3. The van der Waals surface area contributed by atoms with E-state index < -0.39 is 17.1 Å². The van der Waals surface area contributed by atoms with Crippen molar-refractivity contribution in [3.63, 3.8) is 0 Å². The highest BCUT2D eigenvalue weighted by molar-refractivity contribution is 8.96. The van der Waals surface area contributed by atoms with Crippen molar-refractivity contribution >= 4 is 108 Å². The molecule has 0 saturated heterocycles. The number of hydrogen-bond donors (Lipinski definition) is 0. The molecule has 16 heteroatoms. The van der Waals surface area contributed by atoms with Gasteiger partial charge in [0, 0.05) is 29.6 Å². The summed E-state index contributed by atoms with van der Waals surface area (Å²) in [5, 5.41) is 1.29. The lowest BCUT2D eigenvalue weighted by molar-refractivity contribution is 0.414. The van der Waals surface area contributed by atoms with E-state index in [1.807, 2.05) is 97.1 Å². The summed E-state index contributed by atoms with van der Waals surface area (Å²) in [6, 6.07) is 30.9. The zero-order valence-electron chi connectivity index (χ0n) is 21.9. The number of rotatable bonds is 10. The number of halogens is 4. The maximum absolute atomic E-state index is 7.05. The normalized spacial score (nSPS) is 21.0. The molecule has 0 fully saturated rings. The highest BCUT2D eigenvalue weighted by atomic mass is 35.9. The van der Waals surface area contributed by atoms with E-state index in [0.29, 0.717) is 10.0 Å². The third-order valence-electron chi connectivity index (χ3n) is 5.31. The second-order valence-electron chi connectivity index (χ2n) is 8.33. The summed E-state index contributed by atoms with van der Waals surface area (Å²) in [5.41, 5.74) is -5.53. The molecular formula is C26H22Cl4N3O2P3S4. The SMILES string of the molecule is COc1ccc(SP2(Sc3ccc(Cl)cc3)=NP(Cl)(Cl)=NP(Sc3ccc(Cl)cc3)(Sc3ccc(OC)cc3)=N2)cc1. The van der Waals surface area contributed by atoms with E-state index in [4.69, 9.17) is 68.7 Å². The van der Waals surface area contributed by atoms with Gasteiger partial charge in [-0.3, -0.25) is 0 Å². The van der Waals surface area contributed by atoms with Crippen molar-refractivity contribution in [2.45, 2.75) is 19.6 Å². The van der Waals surface area contributed by atoms with Gasteiger partial charge in [-0.2, -0.15) is 9.03 Å². The molecule has 42 heavy (non-hydrogen) atoms. The van der Waals surface area contributed by atoms with E-state index in [2.05, 4.69) is 0 Å². The minimum Gasteiger partial charge on any atom is -0.497 e. The zero-order chi connectivity index (χ0) is 29.8. The Morgan fingerprint density at radius 1 is 0.476 bits per heavy atom. The first-order valence-corrected chi connectivity index (χ1v) is 25.3. The van der Waals surface area contributed by atoms with Crippen LogP contribution in [0.5, 0.6) is 11.5 Å². The van der Waals surface area contributed by atoms with Crippen LogP contribution in [0.15, 0.2) is 130 Å². The first-order valence-electron chi connectivity index (χ1n) is 12.0. The fraction of sp³-hybridized carbons (Fsp3) is 0.0769. The average molecular weight is 771 g/mol. The van der Waals surface area contributed by atoms with Crippen molar-refractivity contribution in [3.05, 3.63) is 107 Å². The van der Waals surface area contributed by atoms with Gasteiger partial charge in [-0.15, -0.1) is 0 Å². The Balaban J connectivity index is 1.71. The lowest BCUT2D eigenvalue weighted by Crippen LogP contribution is -1.83. The first-order chi connectivity index (χ1) is 20.1. The Morgan fingerprint density at radius 3 is 1.12 bits per heavy atom. The predicted octanol–water partition coefficient (Wildman–Crippen LogP) is 14.8. The molecule has 0 N–H and O–H groups in total. The molecule has 1 aliphatic heterocycles. The fourth-order valence-corrected chi connectivity index (χ4v) is 38.9. The Hall–Kier alpha value is -0.270. The summed E-state index contributed by atoms with van der Waals surface area (Å²) in [4.78, 5) is 3.86. The predicted molar refractivity (Wildman–Crippen MR) is 192 cm³/mol. The molecule has 5 nitrogen and oxygen atoms in total. The number of ether oxygens (including phenoxy) is 2. The lowest BCUT2D eigenvalue weighted by Gasteiger charge is -2.30. The molecule has 4 aromatic rings. The monoisotopic (exact) mass is 769 g/mol.